The molecule has 14 rings (SSSR count). The van der Waals surface area contributed by atoms with Crippen molar-refractivity contribution in [2.24, 2.45) is 0 Å². The highest BCUT2D eigenvalue weighted by molar-refractivity contribution is 6.29. The average Bonchev–Trinajstić information content (AvgIpc) is 3.93. The van der Waals surface area contributed by atoms with Gasteiger partial charge in [0.15, 0.2) is 0 Å². The Kier molecular flexibility index (Phi) is 7.98. The second kappa shape index (κ2) is 14.4. The first-order valence-electron chi connectivity index (χ1n) is 22.6. The van der Waals surface area contributed by atoms with E-state index in [2.05, 4.69) is 223 Å². The van der Waals surface area contributed by atoms with Crippen molar-refractivity contribution in [2.45, 2.75) is 0 Å². The highest BCUT2D eigenvalue weighted by Gasteiger charge is 2.20. The lowest BCUT2D eigenvalue weighted by molar-refractivity contribution is 0.669. The van der Waals surface area contributed by atoms with Crippen molar-refractivity contribution in [3.8, 4) is 50.5 Å². The summed E-state index contributed by atoms with van der Waals surface area (Å²) in [7, 11) is 0. The van der Waals surface area contributed by atoms with Gasteiger partial charge < -0.3 is 8.98 Å². The SMILES string of the molecule is c1ccc(-c2cc(-n3c4ccc(-c5ccc6ccccc6c5)cc4c4cc5c6ccc(-c7ccc8oc9ccccc9c8c7)cc6c6ccccc6c5cc43)cc(-c3ccccc3)n2)cc1. The maximum Gasteiger partial charge on any atom is 0.135 e. The highest BCUT2D eigenvalue weighted by atomic mass is 16.3. The van der Waals surface area contributed by atoms with Crippen LogP contribution in [-0.2, 0) is 0 Å². The third kappa shape index (κ3) is 5.73. The fraction of sp³-hybridized carbons (Fsp3) is 0. The third-order valence-electron chi connectivity index (χ3n) is 13.7. The van der Waals surface area contributed by atoms with Gasteiger partial charge in [-0.05, 0) is 132 Å². The van der Waals surface area contributed by atoms with E-state index in [1.807, 2.05) is 12.1 Å². The van der Waals surface area contributed by atoms with Crippen LogP contribution in [0, 0.1) is 0 Å². The molecule has 0 unspecified atom stereocenters. The number of para-hydroxylation sites is 1. The minimum atomic E-state index is 0.906. The Balaban J connectivity index is 1.05. The molecule has 0 saturated heterocycles. The molecule has 0 bridgehead atoms. The van der Waals surface area contributed by atoms with Crippen molar-refractivity contribution < 1.29 is 4.42 Å². The van der Waals surface area contributed by atoms with Gasteiger partial charge in [-0.3, -0.25) is 0 Å². The van der Waals surface area contributed by atoms with Crippen LogP contribution in [0.3, 0.4) is 0 Å². The minimum Gasteiger partial charge on any atom is -0.456 e. The first-order valence-corrected chi connectivity index (χ1v) is 22.6. The monoisotopic (exact) mass is 838 g/mol. The maximum absolute atomic E-state index is 6.21. The third-order valence-corrected chi connectivity index (χ3v) is 13.7. The number of rotatable bonds is 5. The predicted molar refractivity (Wildman–Crippen MR) is 278 cm³/mol. The van der Waals surface area contributed by atoms with Crippen LogP contribution in [0.25, 0.3) is 137 Å². The number of hydrogen-bond donors (Lipinski definition) is 0. The van der Waals surface area contributed by atoms with Gasteiger partial charge in [-0.15, -0.1) is 0 Å². The van der Waals surface area contributed by atoms with E-state index in [4.69, 9.17) is 9.40 Å². The molecular weight excluding hydrogens is 801 g/mol. The van der Waals surface area contributed by atoms with Crippen molar-refractivity contribution in [1.29, 1.82) is 0 Å². The van der Waals surface area contributed by atoms with E-state index in [0.29, 0.717) is 0 Å². The van der Waals surface area contributed by atoms with E-state index in [1.165, 1.54) is 76.1 Å². The summed E-state index contributed by atoms with van der Waals surface area (Å²) in [6.45, 7) is 0. The Morgan fingerprint density at radius 2 is 0.773 bits per heavy atom. The number of nitrogens with zero attached hydrogens (tertiary/aromatic N) is 2. The molecule has 3 nitrogen and oxygen atoms in total. The molecule has 3 heterocycles. The first-order chi connectivity index (χ1) is 32.7. The number of aromatic nitrogens is 2. The average molecular weight is 839 g/mol. The van der Waals surface area contributed by atoms with Crippen molar-refractivity contribution in [2.75, 3.05) is 0 Å². The smallest absolute Gasteiger partial charge is 0.135 e. The van der Waals surface area contributed by atoms with Crippen molar-refractivity contribution in [3.63, 3.8) is 0 Å². The molecule has 3 aromatic heterocycles. The van der Waals surface area contributed by atoms with Crippen LogP contribution >= 0.6 is 0 Å². The van der Waals surface area contributed by atoms with Gasteiger partial charge >= 0.3 is 0 Å². The van der Waals surface area contributed by atoms with Gasteiger partial charge in [-0.25, -0.2) is 4.98 Å². The quantitative estimate of drug-likeness (QED) is 0.162. The summed E-state index contributed by atoms with van der Waals surface area (Å²) < 4.78 is 8.68. The van der Waals surface area contributed by atoms with Crippen LogP contribution in [-0.4, -0.2) is 9.55 Å². The molecule has 0 N–H and O–H groups in total. The molecule has 0 aliphatic heterocycles. The van der Waals surface area contributed by atoms with Crippen LogP contribution in [0.15, 0.2) is 235 Å². The van der Waals surface area contributed by atoms with Gasteiger partial charge in [-0.1, -0.05) is 164 Å². The standard InChI is InChI=1S/C63H38N2O/c1-3-14-40(15-4-1)58-35-47(36-59(64-58)41-16-5-2-6-17-41)65-60-29-26-45(43-24-23-39-13-7-8-18-42(39)31-43)33-55(60)56-37-53-50-28-25-44(32-52(50)48-19-9-10-20-49(48)54(53)38-61(56)65)46-27-30-63-57(34-46)51-21-11-12-22-62(51)66-63/h1-38H. The van der Waals surface area contributed by atoms with Crippen LogP contribution in [0.4, 0.5) is 0 Å². The number of furan rings is 1. The summed E-state index contributed by atoms with van der Waals surface area (Å²) in [6, 6.07) is 83.7. The number of benzene rings is 11. The Hall–Kier alpha value is -8.79. The number of hydrogen-bond acceptors (Lipinski definition) is 2. The Morgan fingerprint density at radius 1 is 0.273 bits per heavy atom. The van der Waals surface area contributed by atoms with E-state index < -0.39 is 0 Å². The van der Waals surface area contributed by atoms with E-state index in [-0.39, 0.29) is 0 Å². The van der Waals surface area contributed by atoms with Gasteiger partial charge in [-0.2, -0.15) is 0 Å². The summed E-state index contributed by atoms with van der Waals surface area (Å²) in [6.07, 6.45) is 0. The van der Waals surface area contributed by atoms with E-state index in [0.717, 1.165) is 61.2 Å². The second-order valence-corrected chi connectivity index (χ2v) is 17.5. The van der Waals surface area contributed by atoms with Gasteiger partial charge in [0, 0.05) is 32.7 Å². The fourth-order valence-corrected chi connectivity index (χ4v) is 10.5. The molecule has 0 radical (unpaired) electrons. The summed E-state index contributed by atoms with van der Waals surface area (Å²) in [5.41, 5.74) is 13.9. The molecule has 0 spiro atoms. The lowest BCUT2D eigenvalue weighted by atomic mass is 9.91. The minimum absolute atomic E-state index is 0.906. The van der Waals surface area contributed by atoms with E-state index in [1.54, 1.807) is 0 Å². The van der Waals surface area contributed by atoms with Crippen LogP contribution < -0.4 is 0 Å². The lowest BCUT2D eigenvalue weighted by Gasteiger charge is -2.15. The molecular formula is C63H38N2O. The van der Waals surface area contributed by atoms with Crippen molar-refractivity contribution >= 4 is 86.8 Å². The van der Waals surface area contributed by atoms with E-state index in [9.17, 15) is 0 Å². The highest BCUT2D eigenvalue weighted by Crippen LogP contribution is 2.44. The van der Waals surface area contributed by atoms with Gasteiger partial charge in [0.05, 0.1) is 28.1 Å². The van der Waals surface area contributed by atoms with Gasteiger partial charge in [0.2, 0.25) is 0 Å². The molecule has 0 aliphatic carbocycles. The topological polar surface area (TPSA) is 31.0 Å². The van der Waals surface area contributed by atoms with E-state index >= 15 is 0 Å². The van der Waals surface area contributed by atoms with Crippen LogP contribution in [0.2, 0.25) is 0 Å². The zero-order chi connectivity index (χ0) is 43.3. The van der Waals surface area contributed by atoms with Crippen molar-refractivity contribution in [1.82, 2.24) is 9.55 Å². The lowest BCUT2D eigenvalue weighted by Crippen LogP contribution is -1.98. The fourth-order valence-electron chi connectivity index (χ4n) is 10.5. The molecule has 11 aromatic carbocycles. The summed E-state index contributed by atoms with van der Waals surface area (Å²) in [4.78, 5) is 5.28. The van der Waals surface area contributed by atoms with Crippen LogP contribution in [0.5, 0.6) is 0 Å². The normalized spacial score (nSPS) is 11.9. The van der Waals surface area contributed by atoms with Crippen molar-refractivity contribution in [3.05, 3.63) is 231 Å². The Bertz CT molecular complexity index is 4220. The Labute approximate surface area is 380 Å². The summed E-state index contributed by atoms with van der Waals surface area (Å²) >= 11 is 0. The molecule has 0 fully saturated rings. The maximum atomic E-state index is 6.21. The van der Waals surface area contributed by atoms with Gasteiger partial charge in [0.25, 0.3) is 0 Å². The predicted octanol–water partition coefficient (Wildman–Crippen LogP) is 17.4. The second-order valence-electron chi connectivity index (χ2n) is 17.5. The molecule has 66 heavy (non-hydrogen) atoms. The zero-order valence-corrected chi connectivity index (χ0v) is 35.7. The Morgan fingerprint density at radius 3 is 1.52 bits per heavy atom. The molecule has 0 saturated carbocycles. The molecule has 3 heteroatoms. The largest absolute Gasteiger partial charge is 0.456 e. The summed E-state index contributed by atoms with van der Waals surface area (Å²) in [5.74, 6) is 0. The number of fused-ring (bicyclic) bond motifs is 13. The first kappa shape index (κ1) is 36.7. The molecule has 0 amide bonds. The molecule has 306 valence electrons. The zero-order valence-electron chi connectivity index (χ0n) is 35.7. The molecule has 14 aromatic rings. The summed E-state index contributed by atoms with van der Waals surface area (Å²) in [5, 5.41) is 14.6. The van der Waals surface area contributed by atoms with Gasteiger partial charge in [0.1, 0.15) is 11.2 Å². The number of pyridine rings is 1. The molecule has 0 atom stereocenters. The van der Waals surface area contributed by atoms with Crippen LogP contribution in [0.1, 0.15) is 0 Å². The molecule has 0 aliphatic rings.